The molecule has 0 radical (unpaired) electrons. The molecule has 0 aliphatic heterocycles. The van der Waals surface area contributed by atoms with Crippen LogP contribution in [0.1, 0.15) is 16.9 Å². The molecular formula is C16H17NOS. The largest absolute Gasteiger partial charge is 0.353 e. The van der Waals surface area contributed by atoms with Crippen molar-refractivity contribution in [3.05, 3.63) is 64.4 Å². The first-order valence-corrected chi connectivity index (χ1v) is 7.26. The second kappa shape index (κ2) is 7.54. The minimum Gasteiger partial charge on any atom is -0.353 e. The van der Waals surface area contributed by atoms with Crippen molar-refractivity contribution in [3.63, 3.8) is 0 Å². The molecule has 2 nitrogen and oxygen atoms in total. The lowest BCUT2D eigenvalue weighted by Crippen LogP contribution is -2.22. The van der Waals surface area contributed by atoms with Crippen molar-refractivity contribution < 1.29 is 4.79 Å². The van der Waals surface area contributed by atoms with Crippen LogP contribution in [0, 0.1) is 0 Å². The van der Waals surface area contributed by atoms with Gasteiger partial charge in [0, 0.05) is 17.5 Å². The Morgan fingerprint density at radius 1 is 1.16 bits per heavy atom. The maximum absolute atomic E-state index is 11.6. The molecule has 1 heterocycles. The number of carbonyl (C=O) groups is 1. The lowest BCUT2D eigenvalue weighted by atomic mass is 10.1. The summed E-state index contributed by atoms with van der Waals surface area (Å²) in [5.41, 5.74) is 1.31. The number of benzene rings is 1. The average molecular weight is 271 g/mol. The topological polar surface area (TPSA) is 29.1 Å². The number of rotatable bonds is 6. The van der Waals surface area contributed by atoms with Gasteiger partial charge in [0.25, 0.3) is 0 Å². The number of hydrogen-bond acceptors (Lipinski definition) is 2. The van der Waals surface area contributed by atoms with Gasteiger partial charge in [-0.25, -0.2) is 0 Å². The molecule has 0 unspecified atom stereocenters. The lowest BCUT2D eigenvalue weighted by Gasteiger charge is -2.02. The predicted octanol–water partition coefficient (Wildman–Crippen LogP) is 3.51. The maximum Gasteiger partial charge on any atom is 0.244 e. The monoisotopic (exact) mass is 271 g/mol. The van der Waals surface area contributed by atoms with Gasteiger partial charge in [0.15, 0.2) is 0 Å². The average Bonchev–Trinajstić information content (AvgIpc) is 2.96. The SMILES string of the molecule is O=C(/C=C/c1cccs1)NCCCc1ccccc1. The minimum absolute atomic E-state index is 0.0264. The first kappa shape index (κ1) is 13.6. The van der Waals surface area contributed by atoms with Gasteiger partial charge in [-0.1, -0.05) is 36.4 Å². The number of carbonyl (C=O) groups excluding carboxylic acids is 1. The molecule has 1 aromatic heterocycles. The van der Waals surface area contributed by atoms with E-state index in [1.54, 1.807) is 17.4 Å². The van der Waals surface area contributed by atoms with Crippen LogP contribution >= 0.6 is 11.3 Å². The fraction of sp³-hybridized carbons (Fsp3) is 0.188. The van der Waals surface area contributed by atoms with E-state index < -0.39 is 0 Å². The van der Waals surface area contributed by atoms with Crippen LogP contribution < -0.4 is 5.32 Å². The van der Waals surface area contributed by atoms with Crippen LogP contribution in [0.5, 0.6) is 0 Å². The molecule has 0 aliphatic carbocycles. The van der Waals surface area contributed by atoms with Crippen LogP contribution in [0.2, 0.25) is 0 Å². The molecule has 0 aliphatic rings. The smallest absolute Gasteiger partial charge is 0.244 e. The molecular weight excluding hydrogens is 254 g/mol. The van der Waals surface area contributed by atoms with Crippen molar-refractivity contribution in [3.8, 4) is 0 Å². The van der Waals surface area contributed by atoms with Gasteiger partial charge >= 0.3 is 0 Å². The summed E-state index contributed by atoms with van der Waals surface area (Å²) in [4.78, 5) is 12.7. The van der Waals surface area contributed by atoms with Crippen LogP contribution in [-0.2, 0) is 11.2 Å². The standard InChI is InChI=1S/C16H17NOS/c18-16(11-10-15-9-5-13-19-15)17-12-4-8-14-6-2-1-3-7-14/h1-3,5-7,9-11,13H,4,8,12H2,(H,17,18)/b11-10+. The number of hydrogen-bond donors (Lipinski definition) is 1. The third-order valence-corrected chi connectivity index (χ3v) is 3.56. The summed E-state index contributed by atoms with van der Waals surface area (Å²) < 4.78 is 0. The van der Waals surface area contributed by atoms with Crippen molar-refractivity contribution in [2.24, 2.45) is 0 Å². The molecule has 0 saturated carbocycles. The Bertz CT molecular complexity index is 517. The molecule has 1 amide bonds. The number of aryl methyl sites for hydroxylation is 1. The Morgan fingerprint density at radius 2 is 2.00 bits per heavy atom. The Morgan fingerprint density at radius 3 is 2.74 bits per heavy atom. The quantitative estimate of drug-likeness (QED) is 0.632. The third kappa shape index (κ3) is 5.10. The van der Waals surface area contributed by atoms with Crippen molar-refractivity contribution in [1.82, 2.24) is 5.32 Å². The van der Waals surface area contributed by atoms with Crippen molar-refractivity contribution in [2.45, 2.75) is 12.8 Å². The highest BCUT2D eigenvalue weighted by molar-refractivity contribution is 7.10. The van der Waals surface area contributed by atoms with E-state index in [2.05, 4.69) is 17.4 Å². The van der Waals surface area contributed by atoms with E-state index >= 15 is 0 Å². The van der Waals surface area contributed by atoms with Gasteiger partial charge in [0.1, 0.15) is 0 Å². The van der Waals surface area contributed by atoms with Crippen molar-refractivity contribution >= 4 is 23.3 Å². The molecule has 0 fully saturated rings. The van der Waals surface area contributed by atoms with Gasteiger partial charge in [-0.3, -0.25) is 4.79 Å². The number of nitrogens with one attached hydrogen (secondary N) is 1. The molecule has 0 saturated heterocycles. The fourth-order valence-electron chi connectivity index (χ4n) is 1.75. The van der Waals surface area contributed by atoms with Gasteiger partial charge < -0.3 is 5.32 Å². The summed E-state index contributed by atoms with van der Waals surface area (Å²) >= 11 is 1.62. The van der Waals surface area contributed by atoms with Crippen LogP contribution in [0.25, 0.3) is 6.08 Å². The van der Waals surface area contributed by atoms with E-state index in [1.807, 2.05) is 41.8 Å². The Kier molecular flexibility index (Phi) is 5.38. The first-order valence-electron chi connectivity index (χ1n) is 6.38. The molecule has 3 heteroatoms. The minimum atomic E-state index is -0.0264. The predicted molar refractivity (Wildman–Crippen MR) is 81.1 cm³/mol. The van der Waals surface area contributed by atoms with E-state index in [1.165, 1.54) is 5.56 Å². The molecule has 2 rings (SSSR count). The molecule has 98 valence electrons. The Labute approximate surface area is 117 Å². The molecule has 0 spiro atoms. The second-order valence-electron chi connectivity index (χ2n) is 4.23. The van der Waals surface area contributed by atoms with E-state index in [0.29, 0.717) is 6.54 Å². The summed E-state index contributed by atoms with van der Waals surface area (Å²) in [5.74, 6) is -0.0264. The third-order valence-electron chi connectivity index (χ3n) is 2.73. The molecule has 1 N–H and O–H groups in total. The highest BCUT2D eigenvalue weighted by atomic mass is 32.1. The number of amides is 1. The van der Waals surface area contributed by atoms with Crippen LogP contribution in [-0.4, -0.2) is 12.5 Å². The molecule has 1 aromatic carbocycles. The van der Waals surface area contributed by atoms with Gasteiger partial charge in [-0.05, 0) is 35.9 Å². The highest BCUT2D eigenvalue weighted by Crippen LogP contribution is 2.09. The number of thiophene rings is 1. The Hall–Kier alpha value is -1.87. The zero-order valence-electron chi connectivity index (χ0n) is 10.7. The highest BCUT2D eigenvalue weighted by Gasteiger charge is 1.96. The van der Waals surface area contributed by atoms with Crippen LogP contribution in [0.15, 0.2) is 53.9 Å². The first-order chi connectivity index (χ1) is 9.34. The van der Waals surface area contributed by atoms with E-state index in [4.69, 9.17) is 0 Å². The van der Waals surface area contributed by atoms with Gasteiger partial charge in [-0.2, -0.15) is 0 Å². The second-order valence-corrected chi connectivity index (χ2v) is 5.21. The summed E-state index contributed by atoms with van der Waals surface area (Å²) in [6.45, 7) is 0.711. The zero-order chi connectivity index (χ0) is 13.3. The van der Waals surface area contributed by atoms with Crippen LogP contribution in [0.3, 0.4) is 0 Å². The van der Waals surface area contributed by atoms with E-state index in [0.717, 1.165) is 17.7 Å². The van der Waals surface area contributed by atoms with Gasteiger partial charge in [0.05, 0.1) is 0 Å². The summed E-state index contributed by atoms with van der Waals surface area (Å²) in [5, 5.41) is 4.89. The molecule has 19 heavy (non-hydrogen) atoms. The molecule has 0 bridgehead atoms. The van der Waals surface area contributed by atoms with Crippen molar-refractivity contribution in [1.29, 1.82) is 0 Å². The van der Waals surface area contributed by atoms with Gasteiger partial charge in [-0.15, -0.1) is 11.3 Å². The van der Waals surface area contributed by atoms with Gasteiger partial charge in [0.2, 0.25) is 5.91 Å². The Balaban J connectivity index is 1.64. The van der Waals surface area contributed by atoms with Crippen LogP contribution in [0.4, 0.5) is 0 Å². The molecule has 0 atom stereocenters. The summed E-state index contributed by atoms with van der Waals surface area (Å²) in [6.07, 6.45) is 5.39. The zero-order valence-corrected chi connectivity index (χ0v) is 11.5. The lowest BCUT2D eigenvalue weighted by molar-refractivity contribution is -0.116. The normalized spacial score (nSPS) is 10.7. The van der Waals surface area contributed by atoms with E-state index in [-0.39, 0.29) is 5.91 Å². The van der Waals surface area contributed by atoms with Crippen molar-refractivity contribution in [2.75, 3.05) is 6.54 Å². The van der Waals surface area contributed by atoms with E-state index in [9.17, 15) is 4.79 Å². The molecule has 2 aromatic rings. The summed E-state index contributed by atoms with van der Waals surface area (Å²) in [6, 6.07) is 14.3. The summed E-state index contributed by atoms with van der Waals surface area (Å²) in [7, 11) is 0. The maximum atomic E-state index is 11.6. The fourth-order valence-corrected chi connectivity index (χ4v) is 2.37.